The molecule has 0 radical (unpaired) electrons. The van der Waals surface area contributed by atoms with Gasteiger partial charge < -0.3 is 10.2 Å². The highest BCUT2D eigenvalue weighted by molar-refractivity contribution is 6.31. The first-order chi connectivity index (χ1) is 13.0. The molecule has 1 amide bonds. The second-order valence-corrected chi connectivity index (χ2v) is 6.69. The van der Waals surface area contributed by atoms with Crippen molar-refractivity contribution in [1.82, 2.24) is 4.90 Å². The van der Waals surface area contributed by atoms with Crippen molar-refractivity contribution in [3.8, 4) is 0 Å². The molecule has 0 saturated heterocycles. The van der Waals surface area contributed by atoms with E-state index in [1.165, 1.54) is 12.1 Å². The minimum absolute atomic E-state index is 0.120. The molecular formula is C21H15ClF2N2O. The third-order valence-electron chi connectivity index (χ3n) is 4.58. The van der Waals surface area contributed by atoms with E-state index in [9.17, 15) is 13.6 Å². The summed E-state index contributed by atoms with van der Waals surface area (Å²) in [5, 5.41) is 3.58. The third-order valence-corrected chi connectivity index (χ3v) is 4.95. The van der Waals surface area contributed by atoms with Crippen molar-refractivity contribution in [1.29, 1.82) is 0 Å². The highest BCUT2D eigenvalue weighted by Crippen LogP contribution is 2.36. The van der Waals surface area contributed by atoms with Crippen LogP contribution in [0.3, 0.4) is 0 Å². The van der Waals surface area contributed by atoms with Crippen molar-refractivity contribution in [3.05, 3.63) is 100 Å². The molecule has 1 heterocycles. The Balaban J connectivity index is 1.72. The molecular weight excluding hydrogens is 370 g/mol. The number of fused-ring (bicyclic) bond motifs is 1. The Morgan fingerprint density at radius 3 is 2.52 bits per heavy atom. The summed E-state index contributed by atoms with van der Waals surface area (Å²) >= 11 is 6.25. The average Bonchev–Trinajstić information content (AvgIpc) is 2.92. The molecule has 1 atom stereocenters. The van der Waals surface area contributed by atoms with Gasteiger partial charge in [-0.2, -0.15) is 0 Å². The fraction of sp³-hybridized carbons (Fsp3) is 0.0952. The zero-order chi connectivity index (χ0) is 19.0. The molecule has 4 rings (SSSR count). The van der Waals surface area contributed by atoms with Crippen molar-refractivity contribution in [3.63, 3.8) is 0 Å². The van der Waals surface area contributed by atoms with E-state index in [0.717, 1.165) is 17.2 Å². The van der Waals surface area contributed by atoms with Gasteiger partial charge in [0, 0.05) is 28.8 Å². The Kier molecular flexibility index (Phi) is 4.54. The van der Waals surface area contributed by atoms with E-state index in [0.29, 0.717) is 10.6 Å². The molecule has 0 unspecified atom stereocenters. The fourth-order valence-electron chi connectivity index (χ4n) is 3.25. The maximum Gasteiger partial charge on any atom is 0.256 e. The zero-order valence-corrected chi connectivity index (χ0v) is 14.9. The molecule has 3 aromatic carbocycles. The monoisotopic (exact) mass is 384 g/mol. The minimum Gasteiger partial charge on any atom is -0.359 e. The molecule has 0 saturated carbocycles. The summed E-state index contributed by atoms with van der Waals surface area (Å²) in [5.41, 5.74) is 2.18. The standard InChI is InChI=1S/C21H15ClF2N2O/c22-17-8-4-1-5-13(17)12-26-20(15-6-2-3-7-16(15)21(26)27)25-19-10-9-14(23)11-18(19)24/h1-11,20,25H,12H2/t20-/m1/s1. The highest BCUT2D eigenvalue weighted by atomic mass is 35.5. The molecule has 0 spiro atoms. The van der Waals surface area contributed by atoms with Gasteiger partial charge >= 0.3 is 0 Å². The molecule has 0 aliphatic carbocycles. The van der Waals surface area contributed by atoms with Crippen LogP contribution in [-0.2, 0) is 6.54 Å². The maximum atomic E-state index is 14.2. The van der Waals surface area contributed by atoms with E-state index in [1.807, 2.05) is 30.3 Å². The van der Waals surface area contributed by atoms with Crippen LogP contribution >= 0.6 is 11.6 Å². The number of nitrogens with one attached hydrogen (secondary N) is 1. The SMILES string of the molecule is O=C1c2ccccc2[C@H](Nc2ccc(F)cc2F)N1Cc1ccccc1Cl. The molecule has 0 bridgehead atoms. The van der Waals surface area contributed by atoms with Gasteiger partial charge in [0.25, 0.3) is 5.91 Å². The second kappa shape index (κ2) is 7.00. The number of rotatable bonds is 4. The summed E-state index contributed by atoms with van der Waals surface area (Å²) in [5.74, 6) is -1.55. The lowest BCUT2D eigenvalue weighted by molar-refractivity contribution is 0.0728. The van der Waals surface area contributed by atoms with E-state index in [-0.39, 0.29) is 18.1 Å². The van der Waals surface area contributed by atoms with Crippen LogP contribution in [0.1, 0.15) is 27.7 Å². The van der Waals surface area contributed by atoms with Crippen molar-refractivity contribution in [2.45, 2.75) is 12.7 Å². The van der Waals surface area contributed by atoms with Crippen molar-refractivity contribution in [2.75, 3.05) is 5.32 Å². The minimum atomic E-state index is -0.718. The van der Waals surface area contributed by atoms with E-state index >= 15 is 0 Å². The van der Waals surface area contributed by atoms with E-state index in [1.54, 1.807) is 23.1 Å². The number of benzene rings is 3. The van der Waals surface area contributed by atoms with Crippen molar-refractivity contribution >= 4 is 23.2 Å². The van der Waals surface area contributed by atoms with Gasteiger partial charge in [0.1, 0.15) is 17.8 Å². The first-order valence-electron chi connectivity index (χ1n) is 8.39. The quantitative estimate of drug-likeness (QED) is 0.654. The summed E-state index contributed by atoms with van der Waals surface area (Å²) in [6, 6.07) is 17.7. The predicted octanol–water partition coefficient (Wildman–Crippen LogP) is 5.38. The Morgan fingerprint density at radius 1 is 1.00 bits per heavy atom. The van der Waals surface area contributed by atoms with Crippen LogP contribution < -0.4 is 5.32 Å². The van der Waals surface area contributed by atoms with Gasteiger partial charge in [0.2, 0.25) is 0 Å². The van der Waals surface area contributed by atoms with Gasteiger partial charge in [-0.1, -0.05) is 48.0 Å². The van der Waals surface area contributed by atoms with Crippen molar-refractivity contribution < 1.29 is 13.6 Å². The number of anilines is 1. The van der Waals surface area contributed by atoms with Crippen LogP contribution in [0, 0.1) is 11.6 Å². The third kappa shape index (κ3) is 3.26. The summed E-state index contributed by atoms with van der Waals surface area (Å²) in [7, 11) is 0. The number of hydrogen-bond acceptors (Lipinski definition) is 2. The van der Waals surface area contributed by atoms with Gasteiger partial charge in [-0.3, -0.25) is 4.79 Å². The molecule has 6 heteroatoms. The average molecular weight is 385 g/mol. The molecule has 0 fully saturated rings. The zero-order valence-electron chi connectivity index (χ0n) is 14.1. The number of halogens is 3. The van der Waals surface area contributed by atoms with E-state index in [4.69, 9.17) is 11.6 Å². The molecule has 3 aromatic rings. The van der Waals surface area contributed by atoms with E-state index in [2.05, 4.69) is 5.32 Å². The summed E-state index contributed by atoms with van der Waals surface area (Å²) in [6.07, 6.45) is -0.593. The second-order valence-electron chi connectivity index (χ2n) is 6.28. The Morgan fingerprint density at radius 2 is 1.74 bits per heavy atom. The molecule has 27 heavy (non-hydrogen) atoms. The van der Waals surface area contributed by atoms with Crippen LogP contribution in [0.15, 0.2) is 66.7 Å². The maximum absolute atomic E-state index is 14.2. The molecule has 3 nitrogen and oxygen atoms in total. The summed E-state index contributed by atoms with van der Waals surface area (Å²) in [4.78, 5) is 14.5. The van der Waals surface area contributed by atoms with Crippen LogP contribution in [0.4, 0.5) is 14.5 Å². The fourth-order valence-corrected chi connectivity index (χ4v) is 3.45. The van der Waals surface area contributed by atoms with Crippen LogP contribution in [-0.4, -0.2) is 10.8 Å². The van der Waals surface area contributed by atoms with Crippen molar-refractivity contribution in [2.24, 2.45) is 0 Å². The van der Waals surface area contributed by atoms with Gasteiger partial charge in [-0.15, -0.1) is 0 Å². The Bertz CT molecular complexity index is 1020. The number of carbonyl (C=O) groups excluding carboxylic acids is 1. The Hall–Kier alpha value is -2.92. The molecule has 1 N–H and O–H groups in total. The molecule has 1 aliphatic heterocycles. The highest BCUT2D eigenvalue weighted by Gasteiger charge is 2.37. The smallest absolute Gasteiger partial charge is 0.256 e. The number of carbonyl (C=O) groups is 1. The lowest BCUT2D eigenvalue weighted by Crippen LogP contribution is -2.32. The van der Waals surface area contributed by atoms with Crippen LogP contribution in [0.2, 0.25) is 5.02 Å². The van der Waals surface area contributed by atoms with E-state index < -0.39 is 17.8 Å². The van der Waals surface area contributed by atoms with Gasteiger partial charge in [0.05, 0.1) is 5.69 Å². The first kappa shape index (κ1) is 17.5. The van der Waals surface area contributed by atoms with Gasteiger partial charge in [-0.25, -0.2) is 8.78 Å². The first-order valence-corrected chi connectivity index (χ1v) is 8.77. The van der Waals surface area contributed by atoms with Gasteiger partial charge in [0.15, 0.2) is 0 Å². The Labute approximate surface area is 160 Å². The van der Waals surface area contributed by atoms with Crippen LogP contribution in [0.5, 0.6) is 0 Å². The summed E-state index contributed by atoms with van der Waals surface area (Å²) < 4.78 is 27.4. The number of amides is 1. The lowest BCUT2D eigenvalue weighted by Gasteiger charge is -2.27. The number of hydrogen-bond donors (Lipinski definition) is 1. The number of nitrogens with zero attached hydrogens (tertiary/aromatic N) is 1. The topological polar surface area (TPSA) is 32.3 Å². The largest absolute Gasteiger partial charge is 0.359 e. The molecule has 0 aromatic heterocycles. The van der Waals surface area contributed by atoms with Crippen LogP contribution in [0.25, 0.3) is 0 Å². The lowest BCUT2D eigenvalue weighted by atomic mass is 10.1. The molecule has 136 valence electrons. The predicted molar refractivity (Wildman–Crippen MR) is 100 cm³/mol. The molecule has 1 aliphatic rings. The summed E-state index contributed by atoms with van der Waals surface area (Å²) in [6.45, 7) is 0.258. The normalized spacial score (nSPS) is 15.7. The van der Waals surface area contributed by atoms with Gasteiger partial charge in [-0.05, 0) is 29.8 Å².